The molecule has 4 heteroatoms. The van der Waals surface area contributed by atoms with Crippen LogP contribution in [-0.4, -0.2) is 17.3 Å². The number of nitrogens with zero attached hydrogens (tertiary/aromatic N) is 1. The molecule has 1 saturated carbocycles. The Labute approximate surface area is 132 Å². The fourth-order valence-corrected chi connectivity index (χ4v) is 3.29. The molecular formula is C18H25NO3. The minimum absolute atomic E-state index is 0.0534. The van der Waals surface area contributed by atoms with Crippen LogP contribution in [0.25, 0.3) is 0 Å². The maximum Gasteiger partial charge on any atom is 0.211 e. The summed E-state index contributed by atoms with van der Waals surface area (Å²) in [5.74, 6) is -0.297. The molecule has 4 nitrogen and oxygen atoms in total. The first-order valence-corrected chi connectivity index (χ1v) is 8.04. The van der Waals surface area contributed by atoms with Crippen LogP contribution >= 0.6 is 0 Å². The predicted molar refractivity (Wildman–Crippen MR) is 86.7 cm³/mol. The molecule has 0 aromatic heterocycles. The lowest BCUT2D eigenvalue weighted by Gasteiger charge is -2.27. The van der Waals surface area contributed by atoms with Gasteiger partial charge in [0.15, 0.2) is 0 Å². The van der Waals surface area contributed by atoms with Gasteiger partial charge in [-0.2, -0.15) is 0 Å². The van der Waals surface area contributed by atoms with Crippen molar-refractivity contribution in [2.45, 2.75) is 57.8 Å². The van der Waals surface area contributed by atoms with E-state index in [4.69, 9.17) is 0 Å². The van der Waals surface area contributed by atoms with Gasteiger partial charge in [0.05, 0.1) is 5.92 Å². The van der Waals surface area contributed by atoms with Gasteiger partial charge in [0.25, 0.3) is 0 Å². The number of hydrogen-bond donors (Lipinski definition) is 0. The first kappa shape index (κ1) is 16.7. The summed E-state index contributed by atoms with van der Waals surface area (Å²) < 4.78 is 0. The summed E-state index contributed by atoms with van der Waals surface area (Å²) >= 11 is 0. The zero-order chi connectivity index (χ0) is 16.3. The SMILES string of the molecule is CC(C)(C)c1ccc([C@H](C[N+](=O)[O-])[C@@H]2CCCCC2=O)cc1. The Morgan fingerprint density at radius 3 is 2.36 bits per heavy atom. The first-order valence-electron chi connectivity index (χ1n) is 8.04. The van der Waals surface area contributed by atoms with E-state index in [1.54, 1.807) is 0 Å². The van der Waals surface area contributed by atoms with Crippen molar-refractivity contribution < 1.29 is 9.72 Å². The second-order valence-corrected chi connectivity index (χ2v) is 7.31. The van der Waals surface area contributed by atoms with Gasteiger partial charge in [-0.05, 0) is 29.4 Å². The molecule has 120 valence electrons. The summed E-state index contributed by atoms with van der Waals surface area (Å²) in [7, 11) is 0. The molecule has 1 aromatic rings. The number of carbonyl (C=O) groups excluding carboxylic acids is 1. The maximum atomic E-state index is 12.2. The Kier molecular flexibility index (Phi) is 4.99. The summed E-state index contributed by atoms with van der Waals surface area (Å²) in [5, 5.41) is 11.1. The second kappa shape index (κ2) is 6.59. The summed E-state index contributed by atoms with van der Waals surface area (Å²) in [4.78, 5) is 23.0. The van der Waals surface area contributed by atoms with E-state index < -0.39 is 0 Å². The first-order chi connectivity index (χ1) is 10.3. The summed E-state index contributed by atoms with van der Waals surface area (Å²) in [6, 6.07) is 8.01. The summed E-state index contributed by atoms with van der Waals surface area (Å²) in [6.07, 6.45) is 3.26. The Morgan fingerprint density at radius 1 is 1.23 bits per heavy atom. The quantitative estimate of drug-likeness (QED) is 0.621. The predicted octanol–water partition coefficient (Wildman–Crippen LogP) is 4.10. The molecule has 1 aliphatic carbocycles. The van der Waals surface area contributed by atoms with Crippen molar-refractivity contribution in [2.24, 2.45) is 5.92 Å². The fourth-order valence-electron chi connectivity index (χ4n) is 3.29. The van der Waals surface area contributed by atoms with Gasteiger partial charge in [-0.3, -0.25) is 14.9 Å². The lowest BCUT2D eigenvalue weighted by Crippen LogP contribution is -2.30. The minimum atomic E-state index is -0.295. The molecule has 2 atom stereocenters. The van der Waals surface area contributed by atoms with Crippen LogP contribution in [0.1, 0.15) is 63.5 Å². The third-order valence-electron chi connectivity index (χ3n) is 4.64. The number of carbonyl (C=O) groups is 1. The topological polar surface area (TPSA) is 60.2 Å². The van der Waals surface area contributed by atoms with E-state index in [0.717, 1.165) is 24.8 Å². The lowest BCUT2D eigenvalue weighted by atomic mass is 9.75. The molecule has 1 fully saturated rings. The zero-order valence-corrected chi connectivity index (χ0v) is 13.7. The number of benzene rings is 1. The van der Waals surface area contributed by atoms with Crippen molar-refractivity contribution in [2.75, 3.05) is 6.54 Å². The smallest absolute Gasteiger partial charge is 0.211 e. The summed E-state index contributed by atoms with van der Waals surface area (Å²) in [6.45, 7) is 6.26. The van der Waals surface area contributed by atoms with Crippen molar-refractivity contribution in [1.29, 1.82) is 0 Å². The number of rotatable bonds is 4. The van der Waals surface area contributed by atoms with Gasteiger partial charge in [0.1, 0.15) is 5.78 Å². The molecule has 0 heterocycles. The molecule has 0 saturated heterocycles. The molecule has 0 bridgehead atoms. The molecule has 0 radical (unpaired) electrons. The zero-order valence-electron chi connectivity index (χ0n) is 13.7. The van der Waals surface area contributed by atoms with Crippen molar-refractivity contribution in [3.8, 4) is 0 Å². The molecule has 0 spiro atoms. The average molecular weight is 303 g/mol. The Balaban J connectivity index is 2.28. The number of ketones is 1. The van der Waals surface area contributed by atoms with E-state index in [1.807, 2.05) is 24.3 Å². The molecule has 0 amide bonds. The molecule has 1 aliphatic rings. The van der Waals surface area contributed by atoms with E-state index in [-0.39, 0.29) is 34.5 Å². The molecule has 1 aromatic carbocycles. The third kappa shape index (κ3) is 3.93. The van der Waals surface area contributed by atoms with Gasteiger partial charge in [0.2, 0.25) is 6.54 Å². The molecule has 0 aliphatic heterocycles. The summed E-state index contributed by atoms with van der Waals surface area (Å²) in [5.41, 5.74) is 2.17. The van der Waals surface area contributed by atoms with Crippen molar-refractivity contribution in [3.05, 3.63) is 45.5 Å². The van der Waals surface area contributed by atoms with Gasteiger partial charge in [0, 0.05) is 17.3 Å². The number of hydrogen-bond acceptors (Lipinski definition) is 3. The van der Waals surface area contributed by atoms with E-state index in [1.165, 1.54) is 5.56 Å². The molecule has 2 rings (SSSR count). The van der Waals surface area contributed by atoms with Crippen molar-refractivity contribution in [3.63, 3.8) is 0 Å². The van der Waals surface area contributed by atoms with Crippen LogP contribution in [0.15, 0.2) is 24.3 Å². The standard InChI is InChI=1S/C18H25NO3/c1-18(2,3)14-10-8-13(9-11-14)16(12-19(21)22)15-6-4-5-7-17(15)20/h8-11,15-16H,4-7,12H2,1-3H3/t15-,16-/m0/s1. The Morgan fingerprint density at radius 2 is 1.86 bits per heavy atom. The van der Waals surface area contributed by atoms with Crippen LogP contribution in [0.2, 0.25) is 0 Å². The monoisotopic (exact) mass is 303 g/mol. The molecule has 22 heavy (non-hydrogen) atoms. The second-order valence-electron chi connectivity index (χ2n) is 7.31. The fraction of sp³-hybridized carbons (Fsp3) is 0.611. The van der Waals surface area contributed by atoms with Crippen molar-refractivity contribution >= 4 is 5.78 Å². The van der Waals surface area contributed by atoms with Crippen LogP contribution in [-0.2, 0) is 10.2 Å². The van der Waals surface area contributed by atoms with Crippen LogP contribution in [0.5, 0.6) is 0 Å². The van der Waals surface area contributed by atoms with Gasteiger partial charge >= 0.3 is 0 Å². The highest BCUT2D eigenvalue weighted by atomic mass is 16.6. The van der Waals surface area contributed by atoms with Crippen LogP contribution < -0.4 is 0 Å². The van der Waals surface area contributed by atoms with E-state index >= 15 is 0 Å². The molecule has 0 unspecified atom stereocenters. The van der Waals surface area contributed by atoms with Crippen LogP contribution in [0, 0.1) is 16.0 Å². The maximum absolute atomic E-state index is 12.2. The van der Waals surface area contributed by atoms with E-state index in [2.05, 4.69) is 20.8 Å². The van der Waals surface area contributed by atoms with E-state index in [0.29, 0.717) is 6.42 Å². The van der Waals surface area contributed by atoms with E-state index in [9.17, 15) is 14.9 Å². The normalized spacial score (nSPS) is 20.7. The number of nitro groups is 1. The van der Waals surface area contributed by atoms with Gasteiger partial charge in [-0.1, -0.05) is 51.5 Å². The van der Waals surface area contributed by atoms with Gasteiger partial charge in [-0.15, -0.1) is 0 Å². The van der Waals surface area contributed by atoms with Gasteiger partial charge < -0.3 is 0 Å². The highest BCUT2D eigenvalue weighted by molar-refractivity contribution is 5.82. The van der Waals surface area contributed by atoms with Gasteiger partial charge in [-0.25, -0.2) is 0 Å². The largest absolute Gasteiger partial charge is 0.299 e. The Hall–Kier alpha value is -1.71. The van der Waals surface area contributed by atoms with Crippen molar-refractivity contribution in [1.82, 2.24) is 0 Å². The lowest BCUT2D eigenvalue weighted by molar-refractivity contribution is -0.484. The Bertz CT molecular complexity index is 542. The van der Waals surface area contributed by atoms with Crippen LogP contribution in [0.3, 0.4) is 0 Å². The molecule has 0 N–H and O–H groups in total. The number of Topliss-reactive ketones (excluding diaryl/α,β-unsaturated/α-hetero) is 1. The highest BCUT2D eigenvalue weighted by Crippen LogP contribution is 2.35. The van der Waals surface area contributed by atoms with Crippen LogP contribution in [0.4, 0.5) is 0 Å². The highest BCUT2D eigenvalue weighted by Gasteiger charge is 2.34. The third-order valence-corrected chi connectivity index (χ3v) is 4.64. The minimum Gasteiger partial charge on any atom is -0.299 e. The molecular weight excluding hydrogens is 278 g/mol. The average Bonchev–Trinajstić information content (AvgIpc) is 2.45.